The Kier molecular flexibility index (Phi) is 5.08. The fraction of sp³-hybridized carbons (Fsp3) is 0.286. The molecule has 0 aliphatic heterocycles. The van der Waals surface area contributed by atoms with E-state index < -0.39 is 0 Å². The Morgan fingerprint density at radius 3 is 2.58 bits per heavy atom. The van der Waals surface area contributed by atoms with Crippen molar-refractivity contribution in [2.45, 2.75) is 30.4 Å². The molecule has 0 aliphatic rings. The summed E-state index contributed by atoms with van der Waals surface area (Å²) in [6.45, 7) is 4.17. The predicted octanol–water partition coefficient (Wildman–Crippen LogP) is 5.20. The van der Waals surface area contributed by atoms with Gasteiger partial charge in [-0.25, -0.2) is 9.97 Å². The van der Waals surface area contributed by atoms with Gasteiger partial charge >= 0.3 is 0 Å². The van der Waals surface area contributed by atoms with Gasteiger partial charge in [-0.1, -0.05) is 49.2 Å². The van der Waals surface area contributed by atoms with E-state index in [1.54, 1.807) is 11.8 Å². The zero-order valence-corrected chi connectivity index (χ0v) is 13.1. The topological polar surface area (TPSA) is 25.8 Å². The van der Waals surface area contributed by atoms with E-state index in [2.05, 4.69) is 23.8 Å². The summed E-state index contributed by atoms with van der Waals surface area (Å²) < 4.78 is 0. The van der Waals surface area contributed by atoms with Crippen LogP contribution in [0, 0.1) is 0 Å². The molecule has 1 aromatic carbocycles. The average Bonchev–Trinajstić information content (AvgIpc) is 2.37. The number of halogens is 2. The number of rotatable bonds is 4. The number of nitrogens with zero attached hydrogens (tertiary/aromatic N) is 2. The van der Waals surface area contributed by atoms with Gasteiger partial charge in [0.25, 0.3) is 0 Å². The first-order valence-electron chi connectivity index (χ1n) is 5.97. The number of hydrogen-bond donors (Lipinski definition) is 0. The maximum Gasteiger partial charge on any atom is 0.140 e. The lowest BCUT2D eigenvalue weighted by atomic mass is 10.1. The van der Waals surface area contributed by atoms with Gasteiger partial charge in [0, 0.05) is 10.6 Å². The van der Waals surface area contributed by atoms with Crippen molar-refractivity contribution in [2.24, 2.45) is 0 Å². The van der Waals surface area contributed by atoms with Crippen LogP contribution in [0.5, 0.6) is 0 Å². The number of hydrogen-bond acceptors (Lipinski definition) is 3. The Morgan fingerprint density at radius 1 is 1.16 bits per heavy atom. The monoisotopic (exact) mass is 312 g/mol. The van der Waals surface area contributed by atoms with Gasteiger partial charge in [-0.3, -0.25) is 0 Å². The zero-order chi connectivity index (χ0) is 13.8. The Hall–Kier alpha value is -0.770. The molecule has 0 unspecified atom stereocenters. The summed E-state index contributed by atoms with van der Waals surface area (Å²) in [5.41, 5.74) is 0.967. The molecule has 5 heteroatoms. The van der Waals surface area contributed by atoms with Crippen molar-refractivity contribution < 1.29 is 0 Å². The predicted molar refractivity (Wildman–Crippen MR) is 82.1 cm³/mol. The van der Waals surface area contributed by atoms with Crippen LogP contribution in [-0.4, -0.2) is 9.97 Å². The summed E-state index contributed by atoms with van der Waals surface area (Å²) in [5.74, 6) is 1.73. The normalized spacial score (nSPS) is 11.0. The SMILES string of the molecule is CC(C)c1cc(Cl)nc(CSc2ccccc2Cl)n1. The highest BCUT2D eigenvalue weighted by molar-refractivity contribution is 7.98. The first-order chi connectivity index (χ1) is 9.06. The Morgan fingerprint density at radius 2 is 1.89 bits per heavy atom. The van der Waals surface area contributed by atoms with Gasteiger partial charge in [-0.05, 0) is 24.1 Å². The molecule has 0 N–H and O–H groups in total. The fourth-order valence-electron chi connectivity index (χ4n) is 1.55. The van der Waals surface area contributed by atoms with Crippen molar-refractivity contribution in [2.75, 3.05) is 0 Å². The molecule has 0 radical (unpaired) electrons. The molecule has 2 nitrogen and oxygen atoms in total. The highest BCUT2D eigenvalue weighted by Crippen LogP contribution is 2.29. The fourth-order valence-corrected chi connectivity index (χ4v) is 2.85. The summed E-state index contributed by atoms with van der Waals surface area (Å²) in [6.07, 6.45) is 0. The van der Waals surface area contributed by atoms with Crippen molar-refractivity contribution in [3.63, 3.8) is 0 Å². The van der Waals surface area contributed by atoms with E-state index in [0.717, 1.165) is 21.4 Å². The second-order valence-electron chi connectivity index (χ2n) is 4.41. The third kappa shape index (κ3) is 4.10. The number of benzene rings is 1. The molecule has 2 aromatic rings. The van der Waals surface area contributed by atoms with Crippen LogP contribution < -0.4 is 0 Å². The first-order valence-corrected chi connectivity index (χ1v) is 7.71. The molecule has 0 bridgehead atoms. The van der Waals surface area contributed by atoms with E-state index in [0.29, 0.717) is 16.8 Å². The van der Waals surface area contributed by atoms with Gasteiger partial charge < -0.3 is 0 Å². The van der Waals surface area contributed by atoms with E-state index in [-0.39, 0.29) is 0 Å². The molecular formula is C14H14Cl2N2S. The lowest BCUT2D eigenvalue weighted by Crippen LogP contribution is -2.00. The summed E-state index contributed by atoms with van der Waals surface area (Å²) in [7, 11) is 0. The van der Waals surface area contributed by atoms with Gasteiger partial charge in [-0.2, -0.15) is 0 Å². The molecule has 19 heavy (non-hydrogen) atoms. The molecule has 2 rings (SSSR count). The van der Waals surface area contributed by atoms with E-state index in [1.165, 1.54) is 0 Å². The molecule has 0 spiro atoms. The minimum Gasteiger partial charge on any atom is -0.237 e. The van der Waals surface area contributed by atoms with Crippen LogP contribution in [0.15, 0.2) is 35.2 Å². The molecule has 0 amide bonds. The van der Waals surface area contributed by atoms with Gasteiger partial charge in [0.2, 0.25) is 0 Å². The largest absolute Gasteiger partial charge is 0.237 e. The molecule has 0 saturated heterocycles. The minimum atomic E-state index is 0.338. The Bertz CT molecular complexity index is 573. The first kappa shape index (κ1) is 14.6. The molecule has 1 heterocycles. The molecule has 0 fully saturated rings. The quantitative estimate of drug-likeness (QED) is 0.573. The van der Waals surface area contributed by atoms with Crippen molar-refractivity contribution in [1.29, 1.82) is 0 Å². The Balaban J connectivity index is 2.14. The van der Waals surface area contributed by atoms with Crippen LogP contribution in [0.2, 0.25) is 10.2 Å². The minimum absolute atomic E-state index is 0.338. The van der Waals surface area contributed by atoms with E-state index in [1.807, 2.05) is 30.3 Å². The van der Waals surface area contributed by atoms with Gasteiger partial charge in [0.1, 0.15) is 11.0 Å². The molecule has 0 saturated carbocycles. The highest BCUT2D eigenvalue weighted by atomic mass is 35.5. The van der Waals surface area contributed by atoms with E-state index in [9.17, 15) is 0 Å². The van der Waals surface area contributed by atoms with Crippen LogP contribution >= 0.6 is 35.0 Å². The van der Waals surface area contributed by atoms with Gasteiger partial charge in [0.15, 0.2) is 0 Å². The van der Waals surface area contributed by atoms with Crippen LogP contribution in [-0.2, 0) is 5.75 Å². The maximum atomic E-state index is 6.12. The zero-order valence-electron chi connectivity index (χ0n) is 10.7. The number of thioether (sulfide) groups is 1. The Labute approximate surface area is 127 Å². The van der Waals surface area contributed by atoms with Crippen molar-refractivity contribution in [3.05, 3.63) is 52.0 Å². The highest BCUT2D eigenvalue weighted by Gasteiger charge is 2.08. The van der Waals surface area contributed by atoms with Crippen LogP contribution in [0.3, 0.4) is 0 Å². The maximum absolute atomic E-state index is 6.12. The smallest absolute Gasteiger partial charge is 0.140 e. The van der Waals surface area contributed by atoms with Crippen LogP contribution in [0.4, 0.5) is 0 Å². The molecular weight excluding hydrogens is 299 g/mol. The third-order valence-electron chi connectivity index (χ3n) is 2.55. The summed E-state index contributed by atoms with van der Waals surface area (Å²) >= 11 is 13.8. The van der Waals surface area contributed by atoms with Crippen LogP contribution in [0.25, 0.3) is 0 Å². The standard InChI is InChI=1S/C14H14Cl2N2S/c1-9(2)11-7-13(16)18-14(17-11)8-19-12-6-4-3-5-10(12)15/h3-7,9H,8H2,1-2H3. The van der Waals surface area contributed by atoms with Crippen molar-refractivity contribution >= 4 is 35.0 Å². The van der Waals surface area contributed by atoms with Crippen molar-refractivity contribution in [3.8, 4) is 0 Å². The molecule has 100 valence electrons. The lowest BCUT2D eigenvalue weighted by molar-refractivity contribution is 0.799. The summed E-state index contributed by atoms with van der Waals surface area (Å²) in [6, 6.07) is 9.56. The molecule has 0 atom stereocenters. The third-order valence-corrected chi connectivity index (χ3v) is 4.25. The molecule has 0 aliphatic carbocycles. The van der Waals surface area contributed by atoms with Crippen molar-refractivity contribution in [1.82, 2.24) is 9.97 Å². The molecule has 1 aromatic heterocycles. The second kappa shape index (κ2) is 6.60. The van der Waals surface area contributed by atoms with E-state index >= 15 is 0 Å². The lowest BCUT2D eigenvalue weighted by Gasteiger charge is -2.08. The van der Waals surface area contributed by atoms with Gasteiger partial charge in [-0.15, -0.1) is 11.8 Å². The second-order valence-corrected chi connectivity index (χ2v) is 6.22. The average molecular weight is 313 g/mol. The van der Waals surface area contributed by atoms with E-state index in [4.69, 9.17) is 23.2 Å². The van der Waals surface area contributed by atoms with Crippen LogP contribution in [0.1, 0.15) is 31.3 Å². The summed E-state index contributed by atoms with van der Waals surface area (Å²) in [5, 5.41) is 1.24. The summed E-state index contributed by atoms with van der Waals surface area (Å²) in [4.78, 5) is 9.80. The number of aromatic nitrogens is 2. The van der Waals surface area contributed by atoms with Gasteiger partial charge in [0.05, 0.1) is 10.8 Å².